The molecule has 3 aromatic rings. The molecule has 3 rings (SSSR count). The van der Waals surface area contributed by atoms with Crippen LogP contribution in [-0.4, -0.2) is 30.5 Å². The average molecular weight is 347 g/mol. The minimum Gasteiger partial charge on any atom is -0.490 e. The molecule has 0 aliphatic carbocycles. The van der Waals surface area contributed by atoms with Crippen LogP contribution >= 0.6 is 0 Å². The van der Waals surface area contributed by atoms with Gasteiger partial charge in [0.15, 0.2) is 0 Å². The lowest BCUT2D eigenvalue weighted by Crippen LogP contribution is -2.29. The third-order valence-corrected chi connectivity index (χ3v) is 4.42. The summed E-state index contributed by atoms with van der Waals surface area (Å²) in [6.07, 6.45) is 0.849. The lowest BCUT2D eigenvalue weighted by molar-refractivity contribution is 0.0790. The van der Waals surface area contributed by atoms with Crippen molar-refractivity contribution in [2.75, 3.05) is 13.6 Å². The molecule has 0 N–H and O–H groups in total. The Hall–Kier alpha value is -2.81. The second-order valence-corrected chi connectivity index (χ2v) is 6.78. The number of amides is 1. The van der Waals surface area contributed by atoms with Gasteiger partial charge in [-0.15, -0.1) is 0 Å². The van der Waals surface area contributed by atoms with Gasteiger partial charge in [-0.1, -0.05) is 54.6 Å². The van der Waals surface area contributed by atoms with Gasteiger partial charge in [-0.2, -0.15) is 0 Å². The van der Waals surface area contributed by atoms with Gasteiger partial charge < -0.3 is 9.64 Å². The number of hydrogen-bond donors (Lipinski definition) is 0. The van der Waals surface area contributed by atoms with Crippen molar-refractivity contribution in [1.82, 2.24) is 4.90 Å². The fourth-order valence-electron chi connectivity index (χ4n) is 3.11. The Morgan fingerprint density at radius 1 is 0.962 bits per heavy atom. The SMILES string of the molecule is CC(C)Oc1ccccc1C(=O)N(C)CCc1cccc2ccccc12. The average Bonchev–Trinajstić information content (AvgIpc) is 2.65. The highest BCUT2D eigenvalue weighted by Crippen LogP contribution is 2.22. The second kappa shape index (κ2) is 8.05. The minimum absolute atomic E-state index is 0.0125. The van der Waals surface area contributed by atoms with Crippen molar-refractivity contribution in [2.45, 2.75) is 26.4 Å². The van der Waals surface area contributed by atoms with E-state index in [0.717, 1.165) is 6.42 Å². The molecule has 134 valence electrons. The largest absolute Gasteiger partial charge is 0.490 e. The molecule has 0 aliphatic heterocycles. The first kappa shape index (κ1) is 18.0. The summed E-state index contributed by atoms with van der Waals surface area (Å²) in [6.45, 7) is 4.58. The Morgan fingerprint density at radius 2 is 1.65 bits per heavy atom. The first-order valence-corrected chi connectivity index (χ1v) is 9.04. The summed E-state index contributed by atoms with van der Waals surface area (Å²) >= 11 is 0. The number of carbonyl (C=O) groups is 1. The van der Waals surface area contributed by atoms with Gasteiger partial charge in [0, 0.05) is 13.6 Å². The molecule has 3 nitrogen and oxygen atoms in total. The Balaban J connectivity index is 1.74. The van der Waals surface area contributed by atoms with Gasteiger partial charge in [-0.25, -0.2) is 0 Å². The van der Waals surface area contributed by atoms with Crippen LogP contribution in [0.4, 0.5) is 0 Å². The number of rotatable bonds is 6. The zero-order chi connectivity index (χ0) is 18.5. The quantitative estimate of drug-likeness (QED) is 0.632. The Morgan fingerprint density at radius 3 is 2.46 bits per heavy atom. The van der Waals surface area contributed by atoms with Crippen LogP contribution in [0.2, 0.25) is 0 Å². The first-order chi connectivity index (χ1) is 12.6. The van der Waals surface area contributed by atoms with E-state index >= 15 is 0 Å². The van der Waals surface area contributed by atoms with Gasteiger partial charge in [0.1, 0.15) is 5.75 Å². The minimum atomic E-state index is -0.0125. The number of nitrogens with zero attached hydrogens (tertiary/aromatic N) is 1. The summed E-state index contributed by atoms with van der Waals surface area (Å²) in [5, 5.41) is 2.48. The van der Waals surface area contributed by atoms with E-state index in [4.69, 9.17) is 4.74 Å². The first-order valence-electron chi connectivity index (χ1n) is 9.04. The van der Waals surface area contributed by atoms with Crippen LogP contribution in [0.3, 0.4) is 0 Å². The van der Waals surface area contributed by atoms with E-state index in [2.05, 4.69) is 36.4 Å². The molecular weight excluding hydrogens is 322 g/mol. The van der Waals surface area contributed by atoms with Crippen molar-refractivity contribution in [3.8, 4) is 5.75 Å². The number of ether oxygens (including phenoxy) is 1. The zero-order valence-corrected chi connectivity index (χ0v) is 15.6. The normalized spacial score (nSPS) is 10.9. The van der Waals surface area contributed by atoms with Crippen LogP contribution in [0, 0.1) is 0 Å². The molecule has 0 fully saturated rings. The van der Waals surface area contributed by atoms with Crippen molar-refractivity contribution in [1.29, 1.82) is 0 Å². The smallest absolute Gasteiger partial charge is 0.257 e. The number of likely N-dealkylation sites (N-methyl/N-ethyl adjacent to an activating group) is 1. The van der Waals surface area contributed by atoms with Crippen molar-refractivity contribution in [3.63, 3.8) is 0 Å². The summed E-state index contributed by atoms with van der Waals surface area (Å²) in [5.41, 5.74) is 1.87. The third-order valence-electron chi connectivity index (χ3n) is 4.42. The molecule has 0 saturated carbocycles. The summed E-state index contributed by atoms with van der Waals surface area (Å²) in [6, 6.07) is 22.1. The molecule has 1 amide bonds. The van der Waals surface area contributed by atoms with Gasteiger partial charge >= 0.3 is 0 Å². The number of fused-ring (bicyclic) bond motifs is 1. The van der Waals surface area contributed by atoms with Gasteiger partial charge in [0.2, 0.25) is 0 Å². The predicted molar refractivity (Wildman–Crippen MR) is 107 cm³/mol. The third kappa shape index (κ3) is 4.05. The van der Waals surface area contributed by atoms with Gasteiger partial charge in [0.05, 0.1) is 11.7 Å². The lowest BCUT2D eigenvalue weighted by Gasteiger charge is -2.20. The number of para-hydroxylation sites is 1. The van der Waals surface area contributed by atoms with Crippen LogP contribution in [-0.2, 0) is 6.42 Å². The van der Waals surface area contributed by atoms with Crippen molar-refractivity contribution >= 4 is 16.7 Å². The van der Waals surface area contributed by atoms with Crippen LogP contribution in [0.15, 0.2) is 66.7 Å². The van der Waals surface area contributed by atoms with Crippen LogP contribution in [0.1, 0.15) is 29.8 Å². The van der Waals surface area contributed by atoms with E-state index in [1.54, 1.807) is 4.90 Å². The number of hydrogen-bond acceptors (Lipinski definition) is 2. The molecule has 0 aliphatic rings. The van der Waals surface area contributed by atoms with Gasteiger partial charge in [-0.05, 0) is 48.7 Å². The Labute approximate surface area is 155 Å². The van der Waals surface area contributed by atoms with Gasteiger partial charge in [0.25, 0.3) is 5.91 Å². The lowest BCUT2D eigenvalue weighted by atomic mass is 10.0. The highest BCUT2D eigenvalue weighted by molar-refractivity contribution is 5.96. The molecule has 0 heterocycles. The maximum Gasteiger partial charge on any atom is 0.257 e. The molecule has 0 aromatic heterocycles. The molecular formula is C23H25NO2. The topological polar surface area (TPSA) is 29.5 Å². The highest BCUT2D eigenvalue weighted by atomic mass is 16.5. The summed E-state index contributed by atoms with van der Waals surface area (Å²) in [5.74, 6) is 0.631. The second-order valence-electron chi connectivity index (χ2n) is 6.78. The van der Waals surface area contributed by atoms with Crippen LogP contribution < -0.4 is 4.74 Å². The molecule has 0 unspecified atom stereocenters. The van der Waals surface area contributed by atoms with Gasteiger partial charge in [-0.3, -0.25) is 4.79 Å². The van der Waals surface area contributed by atoms with Crippen molar-refractivity contribution in [2.24, 2.45) is 0 Å². The van der Waals surface area contributed by atoms with E-state index in [0.29, 0.717) is 17.9 Å². The maximum absolute atomic E-state index is 12.9. The molecule has 0 bridgehead atoms. The van der Waals surface area contributed by atoms with E-state index in [-0.39, 0.29) is 12.0 Å². The monoisotopic (exact) mass is 347 g/mol. The predicted octanol–water partition coefficient (Wildman–Crippen LogP) is 4.94. The van der Waals surface area contributed by atoms with E-state index in [1.165, 1.54) is 16.3 Å². The molecule has 3 aromatic carbocycles. The number of carbonyl (C=O) groups excluding carboxylic acids is 1. The summed E-state index contributed by atoms with van der Waals surface area (Å²) < 4.78 is 5.79. The molecule has 0 spiro atoms. The summed E-state index contributed by atoms with van der Waals surface area (Å²) in [4.78, 5) is 14.6. The zero-order valence-electron chi connectivity index (χ0n) is 15.6. The van der Waals surface area contributed by atoms with E-state index in [1.807, 2.05) is 51.2 Å². The molecule has 0 saturated heterocycles. The molecule has 0 radical (unpaired) electrons. The fourth-order valence-corrected chi connectivity index (χ4v) is 3.11. The molecule has 0 atom stereocenters. The number of benzene rings is 3. The van der Waals surface area contributed by atoms with Crippen LogP contribution in [0.25, 0.3) is 10.8 Å². The van der Waals surface area contributed by atoms with Crippen LogP contribution in [0.5, 0.6) is 5.75 Å². The fraction of sp³-hybridized carbons (Fsp3) is 0.261. The van der Waals surface area contributed by atoms with E-state index in [9.17, 15) is 4.79 Å². The Bertz CT molecular complexity index is 896. The maximum atomic E-state index is 12.9. The standard InChI is InChI=1S/C23H25NO2/c1-17(2)26-22-14-7-6-13-21(22)23(25)24(3)16-15-19-11-8-10-18-9-4-5-12-20(18)19/h4-14,17H,15-16H2,1-3H3. The highest BCUT2D eigenvalue weighted by Gasteiger charge is 2.17. The Kier molecular flexibility index (Phi) is 5.57. The van der Waals surface area contributed by atoms with Crippen molar-refractivity contribution < 1.29 is 9.53 Å². The molecule has 26 heavy (non-hydrogen) atoms. The van der Waals surface area contributed by atoms with Crippen molar-refractivity contribution in [3.05, 3.63) is 77.9 Å². The van der Waals surface area contributed by atoms with E-state index < -0.39 is 0 Å². The molecule has 3 heteroatoms. The summed E-state index contributed by atoms with van der Waals surface area (Å²) in [7, 11) is 1.85.